The van der Waals surface area contributed by atoms with Gasteiger partial charge in [-0.3, -0.25) is 0 Å². The van der Waals surface area contributed by atoms with E-state index in [2.05, 4.69) is 56.6 Å². The van der Waals surface area contributed by atoms with Gasteiger partial charge in [-0.2, -0.15) is 0 Å². The predicted octanol–water partition coefficient (Wildman–Crippen LogP) is 1.32. The van der Waals surface area contributed by atoms with Crippen molar-refractivity contribution in [1.29, 1.82) is 0 Å². The number of carbonyl (C=O) groups excluding carboxylic acids is 1. The van der Waals surface area contributed by atoms with Crippen molar-refractivity contribution in [3.8, 4) is 0 Å². The van der Waals surface area contributed by atoms with E-state index >= 15 is 0 Å². The third-order valence-electron chi connectivity index (χ3n) is 2.94. The van der Waals surface area contributed by atoms with Gasteiger partial charge >= 0.3 is 5.97 Å². The van der Waals surface area contributed by atoms with Crippen LogP contribution < -0.4 is 10.8 Å². The van der Waals surface area contributed by atoms with Crippen LogP contribution in [0, 0.1) is 0 Å². The van der Waals surface area contributed by atoms with Crippen molar-refractivity contribution in [1.82, 2.24) is 0 Å². The molecule has 1 aromatic carbocycles. The fraction of sp³-hybridized carbons (Fsp3) is 0.389. The molecule has 7 nitrogen and oxygen atoms in total. The van der Waals surface area contributed by atoms with Crippen LogP contribution in [0.15, 0.2) is 64.0 Å². The second-order valence-corrected chi connectivity index (χ2v) is 5.35. The normalized spacial score (nSPS) is 15.6. The fourth-order valence-corrected chi connectivity index (χ4v) is 1.92. The molecule has 7 heteroatoms. The quantitative estimate of drug-likeness (QED) is 0.618. The largest absolute Gasteiger partial charge is 0.612 e. The van der Waals surface area contributed by atoms with E-state index in [4.69, 9.17) is 0 Å². The van der Waals surface area contributed by atoms with Crippen molar-refractivity contribution >= 4 is 5.97 Å². The van der Waals surface area contributed by atoms with E-state index in [-0.39, 0.29) is 24.6 Å². The van der Waals surface area contributed by atoms with Crippen LogP contribution in [0.3, 0.4) is 0 Å². The number of carbonyl (C=O) groups is 1. The topological polar surface area (TPSA) is 111 Å². The van der Waals surface area contributed by atoms with Crippen molar-refractivity contribution in [3.63, 3.8) is 0 Å². The molecule has 0 unspecified atom stereocenters. The molecule has 1 heterocycles. The molecular formula is C18H25N3O4. The van der Waals surface area contributed by atoms with Crippen molar-refractivity contribution in [2.24, 2.45) is 10.2 Å². The molecule has 136 valence electrons. The van der Waals surface area contributed by atoms with Crippen LogP contribution in [0.5, 0.6) is 0 Å². The molecule has 0 aliphatic carbocycles. The zero-order valence-corrected chi connectivity index (χ0v) is 14.9. The summed E-state index contributed by atoms with van der Waals surface area (Å²) >= 11 is 0. The molecular weight excluding hydrogens is 322 g/mol. The highest BCUT2D eigenvalue weighted by Gasteiger charge is 2.16. The predicted molar refractivity (Wildman–Crippen MR) is 90.7 cm³/mol. The van der Waals surface area contributed by atoms with Gasteiger partial charge in [0.1, 0.15) is 5.70 Å². The molecule has 0 radical (unpaired) electrons. The summed E-state index contributed by atoms with van der Waals surface area (Å²) < 4.78 is 9.37. The van der Waals surface area contributed by atoms with Gasteiger partial charge in [0.2, 0.25) is 0 Å². The highest BCUT2D eigenvalue weighted by Crippen LogP contribution is 2.18. The maximum Gasteiger partial charge on any atom is 0.358 e. The Morgan fingerprint density at radius 1 is 1.16 bits per heavy atom. The maximum atomic E-state index is 11.2. The molecule has 2 rings (SSSR count). The molecule has 3 N–H and O–H groups in total. The molecule has 25 heavy (non-hydrogen) atoms. The maximum absolute atomic E-state index is 11.2. The summed E-state index contributed by atoms with van der Waals surface area (Å²) in [7, 11) is 0. The molecule has 0 bridgehead atoms. The zero-order chi connectivity index (χ0) is 18.7. The minimum atomic E-state index is -0.597. The van der Waals surface area contributed by atoms with Crippen LogP contribution in [0.2, 0.25) is 0 Å². The van der Waals surface area contributed by atoms with Crippen LogP contribution >= 0.6 is 0 Å². The van der Waals surface area contributed by atoms with Gasteiger partial charge < -0.3 is 20.3 Å². The number of azo groups is 1. The van der Waals surface area contributed by atoms with E-state index < -0.39 is 11.9 Å². The standard InChI is InChI=1S/C9H12N2O4.C9H13N/c1-3-14-8(12)6-5-7(11-10-6)9(13)15-4-2;1-8(10)7-9-5-3-2-4-6-9/h5,12H,3-4H2,1-2H3;2-6,8H,7,10H2,1H3/b8-6+;/t;8-/m.1/s1. The van der Waals surface area contributed by atoms with Crippen LogP contribution in [-0.2, 0) is 20.7 Å². The molecule has 0 spiro atoms. The first kappa shape index (κ1) is 20.4. The summed E-state index contributed by atoms with van der Waals surface area (Å²) in [5.41, 5.74) is 5.34. The lowest BCUT2D eigenvalue weighted by atomic mass is 10.1. The first-order valence-corrected chi connectivity index (χ1v) is 8.19. The zero-order valence-electron chi connectivity index (χ0n) is 14.9. The number of hydrogen-bond donors (Lipinski definition) is 1. The lowest BCUT2D eigenvalue weighted by Crippen LogP contribution is -2.60. The third-order valence-corrected chi connectivity index (χ3v) is 2.94. The molecule has 1 aliphatic heterocycles. The summed E-state index contributed by atoms with van der Waals surface area (Å²) in [5, 5.41) is 18.2. The summed E-state index contributed by atoms with van der Waals surface area (Å²) in [6.45, 7) is 5.99. The molecule has 0 fully saturated rings. The van der Waals surface area contributed by atoms with Crippen molar-refractivity contribution in [3.05, 3.63) is 59.3 Å². The second kappa shape index (κ2) is 11.0. The molecule has 1 aliphatic rings. The number of nitrogens with zero attached hydrogens (tertiary/aromatic N) is 2. The van der Waals surface area contributed by atoms with E-state index in [0.29, 0.717) is 6.04 Å². The summed E-state index contributed by atoms with van der Waals surface area (Å²) in [4.78, 5) is 11.2. The van der Waals surface area contributed by atoms with E-state index in [0.717, 1.165) is 6.42 Å². The number of rotatable bonds is 6. The Morgan fingerprint density at radius 2 is 1.80 bits per heavy atom. The van der Waals surface area contributed by atoms with E-state index in [1.165, 1.54) is 11.6 Å². The number of benzene rings is 1. The number of hydrogen-bond acceptors (Lipinski definition) is 6. The van der Waals surface area contributed by atoms with Gasteiger partial charge in [-0.15, -0.1) is 10.2 Å². The molecule has 0 amide bonds. The number of ether oxygens (including phenoxy) is 2. The van der Waals surface area contributed by atoms with Gasteiger partial charge in [0.05, 0.1) is 18.6 Å². The lowest BCUT2D eigenvalue weighted by Gasteiger charge is -2.12. The molecule has 0 saturated heterocycles. The Morgan fingerprint density at radius 3 is 2.36 bits per heavy atom. The van der Waals surface area contributed by atoms with Gasteiger partial charge in [-0.1, -0.05) is 37.3 Å². The first-order valence-electron chi connectivity index (χ1n) is 8.19. The average Bonchev–Trinajstić information content (AvgIpc) is 3.06. The highest BCUT2D eigenvalue weighted by molar-refractivity contribution is 5.89. The van der Waals surface area contributed by atoms with Crippen LogP contribution in [0.4, 0.5) is 0 Å². The number of allylic oxidation sites excluding steroid dienone is 1. The Balaban J connectivity index is 0.000000271. The summed E-state index contributed by atoms with van der Waals surface area (Å²) in [6, 6.07) is 11.0. The molecule has 0 saturated carbocycles. The third kappa shape index (κ3) is 7.63. The van der Waals surface area contributed by atoms with Crippen LogP contribution in [0.25, 0.3) is 0 Å². The number of esters is 1. The van der Waals surface area contributed by atoms with Gasteiger partial charge in [0.25, 0.3) is 0 Å². The van der Waals surface area contributed by atoms with E-state index in [1.54, 1.807) is 13.8 Å². The average molecular weight is 347 g/mol. The Bertz CT molecular complexity index is 637. The van der Waals surface area contributed by atoms with E-state index in [1.807, 2.05) is 6.07 Å². The molecule has 1 aromatic rings. The lowest BCUT2D eigenvalue weighted by molar-refractivity contribution is -0.413. The summed E-state index contributed by atoms with van der Waals surface area (Å²) in [5.74, 6) is -1.19. The summed E-state index contributed by atoms with van der Waals surface area (Å²) in [6.07, 6.45) is 2.33. The number of quaternary nitrogens is 1. The fourth-order valence-electron chi connectivity index (χ4n) is 1.92. The van der Waals surface area contributed by atoms with Crippen molar-refractivity contribution in [2.45, 2.75) is 33.2 Å². The minimum Gasteiger partial charge on any atom is -0.612 e. The Kier molecular flexibility index (Phi) is 8.95. The van der Waals surface area contributed by atoms with Crippen LogP contribution in [0.1, 0.15) is 26.3 Å². The smallest absolute Gasteiger partial charge is 0.358 e. The van der Waals surface area contributed by atoms with Gasteiger partial charge in [-0.25, -0.2) is 4.79 Å². The highest BCUT2D eigenvalue weighted by atomic mass is 16.6. The van der Waals surface area contributed by atoms with E-state index in [9.17, 15) is 9.90 Å². The monoisotopic (exact) mass is 347 g/mol. The molecule has 0 aromatic heterocycles. The van der Waals surface area contributed by atoms with Crippen molar-refractivity contribution < 1.29 is 25.1 Å². The first-order chi connectivity index (χ1) is 12.0. The van der Waals surface area contributed by atoms with Gasteiger partial charge in [0, 0.05) is 12.5 Å². The minimum absolute atomic E-state index is 0.0138. The van der Waals surface area contributed by atoms with Gasteiger partial charge in [0.15, 0.2) is 5.70 Å². The SMILES string of the molecule is CCOC(=O)C1=C/C(=C(/[O-])OCC)N=N1.C[C@@H]([NH3+])Cc1ccccc1. The molecule has 1 atom stereocenters. The second-order valence-electron chi connectivity index (χ2n) is 5.35. The Labute approximate surface area is 147 Å². The van der Waals surface area contributed by atoms with Gasteiger partial charge in [-0.05, 0) is 26.0 Å². The van der Waals surface area contributed by atoms with Crippen molar-refractivity contribution in [2.75, 3.05) is 13.2 Å². The Hall–Kier alpha value is -2.67. The van der Waals surface area contributed by atoms with Crippen LogP contribution in [-0.4, -0.2) is 25.2 Å².